The number of ketones is 1. The Hall–Kier alpha value is -3.12. The summed E-state index contributed by atoms with van der Waals surface area (Å²) in [5.41, 5.74) is 3.92. The maximum atomic E-state index is 12.7. The molecule has 4 aromatic rings. The fourth-order valence-electron chi connectivity index (χ4n) is 2.87. The van der Waals surface area contributed by atoms with Gasteiger partial charge in [0.15, 0.2) is 16.7 Å². The summed E-state index contributed by atoms with van der Waals surface area (Å²) in [7, 11) is 0. The molecule has 0 fully saturated rings. The molecule has 28 heavy (non-hydrogen) atoms. The molecule has 2 aromatic heterocycles. The summed E-state index contributed by atoms with van der Waals surface area (Å²) in [5, 5.41) is 9.26. The van der Waals surface area contributed by atoms with E-state index in [0.29, 0.717) is 22.3 Å². The number of rotatable bonds is 6. The Balaban J connectivity index is 1.63. The number of aryl methyl sites for hydroxylation is 2. The van der Waals surface area contributed by atoms with Gasteiger partial charge in [-0.3, -0.25) is 9.36 Å². The van der Waals surface area contributed by atoms with Gasteiger partial charge in [-0.2, -0.15) is 0 Å². The topological polar surface area (TPSA) is 60.9 Å². The summed E-state index contributed by atoms with van der Waals surface area (Å²) >= 11 is 1.37. The lowest BCUT2D eigenvalue weighted by atomic mass is 10.0. The van der Waals surface area contributed by atoms with Gasteiger partial charge in [-0.25, -0.2) is 0 Å². The SMILES string of the molecule is Cc1ccc(C(=O)CSc2nnc(-c3ccco3)n2-c2ccccc2)cc1C. The lowest BCUT2D eigenvalue weighted by Gasteiger charge is -2.09. The highest BCUT2D eigenvalue weighted by molar-refractivity contribution is 7.99. The highest BCUT2D eigenvalue weighted by atomic mass is 32.2. The summed E-state index contributed by atoms with van der Waals surface area (Å²) in [6, 6.07) is 19.3. The van der Waals surface area contributed by atoms with Crippen molar-refractivity contribution >= 4 is 17.5 Å². The van der Waals surface area contributed by atoms with Gasteiger partial charge >= 0.3 is 0 Å². The van der Waals surface area contributed by atoms with Gasteiger partial charge in [0.05, 0.1) is 12.0 Å². The summed E-state index contributed by atoms with van der Waals surface area (Å²) in [4.78, 5) is 12.7. The fraction of sp³-hybridized carbons (Fsp3) is 0.136. The van der Waals surface area contributed by atoms with Crippen molar-refractivity contribution in [3.63, 3.8) is 0 Å². The standard InChI is InChI=1S/C22H19N3O2S/c1-15-10-11-17(13-16(15)2)19(26)14-28-22-24-23-21(20-9-6-12-27-20)25(22)18-7-4-3-5-8-18/h3-13H,14H2,1-2H3. The Morgan fingerprint density at radius 2 is 1.82 bits per heavy atom. The fourth-order valence-corrected chi connectivity index (χ4v) is 3.71. The van der Waals surface area contributed by atoms with E-state index in [1.165, 1.54) is 17.3 Å². The summed E-state index contributed by atoms with van der Waals surface area (Å²) in [6.07, 6.45) is 1.61. The van der Waals surface area contributed by atoms with E-state index in [0.717, 1.165) is 11.3 Å². The summed E-state index contributed by atoms with van der Waals surface area (Å²) < 4.78 is 7.43. The van der Waals surface area contributed by atoms with Crippen LogP contribution in [0.2, 0.25) is 0 Å². The molecule has 0 atom stereocenters. The predicted molar refractivity (Wildman–Crippen MR) is 110 cm³/mol. The first-order valence-corrected chi connectivity index (χ1v) is 9.90. The Kier molecular flexibility index (Phi) is 5.12. The van der Waals surface area contributed by atoms with E-state index >= 15 is 0 Å². The first-order valence-electron chi connectivity index (χ1n) is 8.91. The average molecular weight is 389 g/mol. The highest BCUT2D eigenvalue weighted by Crippen LogP contribution is 2.28. The van der Waals surface area contributed by atoms with Crippen molar-refractivity contribution in [2.75, 3.05) is 5.75 Å². The van der Waals surface area contributed by atoms with Gasteiger partial charge < -0.3 is 4.42 Å². The number of aromatic nitrogens is 3. The van der Waals surface area contributed by atoms with Crippen LogP contribution in [0.25, 0.3) is 17.3 Å². The number of nitrogens with zero attached hydrogens (tertiary/aromatic N) is 3. The second-order valence-corrected chi connectivity index (χ2v) is 7.41. The minimum atomic E-state index is 0.0651. The van der Waals surface area contributed by atoms with E-state index in [2.05, 4.69) is 10.2 Å². The monoisotopic (exact) mass is 389 g/mol. The van der Waals surface area contributed by atoms with Crippen LogP contribution in [0.3, 0.4) is 0 Å². The van der Waals surface area contributed by atoms with Gasteiger partial charge in [0, 0.05) is 11.3 Å². The van der Waals surface area contributed by atoms with Crippen LogP contribution in [0.4, 0.5) is 0 Å². The van der Waals surface area contributed by atoms with Crippen molar-refractivity contribution < 1.29 is 9.21 Å². The van der Waals surface area contributed by atoms with Gasteiger partial charge in [0.1, 0.15) is 0 Å². The van der Waals surface area contributed by atoms with Crippen LogP contribution in [0.1, 0.15) is 21.5 Å². The van der Waals surface area contributed by atoms with Crippen molar-refractivity contribution in [3.8, 4) is 17.3 Å². The van der Waals surface area contributed by atoms with Gasteiger partial charge in [0.25, 0.3) is 0 Å². The van der Waals surface area contributed by atoms with E-state index in [1.807, 2.05) is 79.1 Å². The third kappa shape index (κ3) is 3.64. The normalized spacial score (nSPS) is 10.9. The molecule has 0 N–H and O–H groups in total. The average Bonchev–Trinajstić information content (AvgIpc) is 3.38. The van der Waals surface area contributed by atoms with Crippen LogP contribution < -0.4 is 0 Å². The molecular weight excluding hydrogens is 370 g/mol. The molecule has 0 spiro atoms. The number of para-hydroxylation sites is 1. The molecule has 6 heteroatoms. The first-order chi connectivity index (χ1) is 13.6. The van der Waals surface area contributed by atoms with Gasteiger partial charge in [0.2, 0.25) is 5.82 Å². The molecule has 2 heterocycles. The minimum absolute atomic E-state index is 0.0651. The zero-order chi connectivity index (χ0) is 19.5. The van der Waals surface area contributed by atoms with Crippen LogP contribution in [0.15, 0.2) is 76.5 Å². The van der Waals surface area contributed by atoms with Crippen LogP contribution in [0.5, 0.6) is 0 Å². The highest BCUT2D eigenvalue weighted by Gasteiger charge is 2.19. The Bertz CT molecular complexity index is 1100. The van der Waals surface area contributed by atoms with Crippen molar-refractivity contribution in [2.45, 2.75) is 19.0 Å². The number of Topliss-reactive ketones (excluding diaryl/α,β-unsaturated/α-hetero) is 1. The van der Waals surface area contributed by atoms with Crippen molar-refractivity contribution in [1.82, 2.24) is 14.8 Å². The number of benzene rings is 2. The van der Waals surface area contributed by atoms with Crippen molar-refractivity contribution in [2.24, 2.45) is 0 Å². The maximum absolute atomic E-state index is 12.7. The van der Waals surface area contributed by atoms with Crippen LogP contribution in [-0.2, 0) is 0 Å². The molecular formula is C22H19N3O2S. The van der Waals surface area contributed by atoms with Crippen LogP contribution >= 0.6 is 11.8 Å². The zero-order valence-electron chi connectivity index (χ0n) is 15.6. The lowest BCUT2D eigenvalue weighted by Crippen LogP contribution is -2.05. The number of carbonyl (C=O) groups is 1. The smallest absolute Gasteiger partial charge is 0.205 e. The second kappa shape index (κ2) is 7.86. The number of carbonyl (C=O) groups excluding carboxylic acids is 1. The third-order valence-corrected chi connectivity index (χ3v) is 5.48. The molecule has 0 bridgehead atoms. The number of hydrogen-bond acceptors (Lipinski definition) is 5. The van der Waals surface area contributed by atoms with Gasteiger partial charge in [-0.1, -0.05) is 42.1 Å². The zero-order valence-corrected chi connectivity index (χ0v) is 16.4. The molecule has 0 radical (unpaired) electrons. The van der Waals surface area contributed by atoms with Crippen LogP contribution in [-0.4, -0.2) is 26.3 Å². The predicted octanol–water partition coefficient (Wildman–Crippen LogP) is 5.12. The third-order valence-electron chi connectivity index (χ3n) is 4.55. The minimum Gasteiger partial charge on any atom is -0.461 e. The molecule has 5 nitrogen and oxygen atoms in total. The van der Waals surface area contributed by atoms with Gasteiger partial charge in [-0.15, -0.1) is 10.2 Å². The largest absolute Gasteiger partial charge is 0.461 e. The number of furan rings is 1. The number of thioether (sulfide) groups is 1. The second-order valence-electron chi connectivity index (χ2n) is 6.47. The molecule has 0 aliphatic heterocycles. The lowest BCUT2D eigenvalue weighted by molar-refractivity contribution is 0.102. The molecule has 0 saturated carbocycles. The maximum Gasteiger partial charge on any atom is 0.205 e. The quantitative estimate of drug-likeness (QED) is 0.338. The van der Waals surface area contributed by atoms with Crippen molar-refractivity contribution in [1.29, 1.82) is 0 Å². The molecule has 0 unspecified atom stereocenters. The van der Waals surface area contributed by atoms with E-state index in [4.69, 9.17) is 4.42 Å². The Morgan fingerprint density at radius 1 is 1.00 bits per heavy atom. The first kappa shape index (κ1) is 18.3. The van der Waals surface area contributed by atoms with Gasteiger partial charge in [-0.05, 0) is 55.3 Å². The Morgan fingerprint density at radius 3 is 2.54 bits per heavy atom. The molecule has 0 aliphatic rings. The number of hydrogen-bond donors (Lipinski definition) is 0. The van der Waals surface area contributed by atoms with E-state index in [-0.39, 0.29) is 11.5 Å². The van der Waals surface area contributed by atoms with E-state index in [9.17, 15) is 4.79 Å². The molecule has 140 valence electrons. The Labute approximate surface area is 167 Å². The molecule has 2 aromatic carbocycles. The van der Waals surface area contributed by atoms with E-state index in [1.54, 1.807) is 6.26 Å². The summed E-state index contributed by atoms with van der Waals surface area (Å²) in [5.74, 6) is 1.59. The molecule has 0 aliphatic carbocycles. The van der Waals surface area contributed by atoms with E-state index < -0.39 is 0 Å². The molecule has 0 amide bonds. The van der Waals surface area contributed by atoms with Crippen LogP contribution in [0, 0.1) is 13.8 Å². The van der Waals surface area contributed by atoms with Crippen molar-refractivity contribution in [3.05, 3.63) is 83.6 Å². The summed E-state index contributed by atoms with van der Waals surface area (Å²) in [6.45, 7) is 4.05. The molecule has 4 rings (SSSR count). The molecule has 0 saturated heterocycles.